The van der Waals surface area contributed by atoms with Gasteiger partial charge in [0.25, 0.3) is 0 Å². The molecule has 0 heterocycles. The first-order valence-electron chi connectivity index (χ1n) is 38.1. The molecular formula is C81H136O16P2. The van der Waals surface area contributed by atoms with Crippen LogP contribution in [0.5, 0.6) is 0 Å². The predicted octanol–water partition coefficient (Wildman–Crippen LogP) is 22.1. The van der Waals surface area contributed by atoms with Gasteiger partial charge in [0.1, 0.15) is 25.4 Å². The van der Waals surface area contributed by atoms with Gasteiger partial charge >= 0.3 is 33.6 Å². The highest BCUT2D eigenvalue weighted by molar-refractivity contribution is 7.47. The average Bonchev–Trinajstić information content (AvgIpc) is 2.96. The van der Waals surface area contributed by atoms with Crippen LogP contribution in [0.25, 0.3) is 0 Å². The number of carbonyl (C=O) groups excluding carboxylic acids is 3. The topological polar surface area (TPSA) is 231 Å². The first-order chi connectivity index (χ1) is 48.2. The summed E-state index contributed by atoms with van der Waals surface area (Å²) in [5, 5.41) is 20.6. The molecule has 16 nitrogen and oxygen atoms in total. The number of hydrogen-bond donors (Lipinski definition) is 4. The minimum absolute atomic E-state index is 0.0798. The Morgan fingerprint density at radius 2 is 0.545 bits per heavy atom. The number of unbranched alkanes of at least 4 members (excludes halogenated alkanes) is 24. The molecule has 0 saturated carbocycles. The van der Waals surface area contributed by atoms with E-state index in [4.69, 9.17) is 32.3 Å². The number of ether oxygens (including phenoxy) is 3. The first kappa shape index (κ1) is 94.4. The van der Waals surface area contributed by atoms with Crippen molar-refractivity contribution in [2.24, 2.45) is 0 Å². The Balaban J connectivity index is 4.52. The summed E-state index contributed by atoms with van der Waals surface area (Å²) in [5.74, 6) is -1.66. The molecule has 0 fully saturated rings. The Kier molecular flexibility index (Phi) is 69.8. The molecule has 0 aromatic heterocycles. The lowest BCUT2D eigenvalue weighted by molar-refractivity contribution is -0.161. The van der Waals surface area contributed by atoms with E-state index in [1.807, 2.05) is 12.2 Å². The Hall–Kier alpha value is -4.57. The van der Waals surface area contributed by atoms with Crippen molar-refractivity contribution in [2.75, 3.05) is 39.6 Å². The Morgan fingerprint density at radius 3 is 0.899 bits per heavy atom. The lowest BCUT2D eigenvalue weighted by Gasteiger charge is -2.21. The number of esters is 3. The van der Waals surface area contributed by atoms with Crippen molar-refractivity contribution in [3.8, 4) is 0 Å². The number of hydrogen-bond acceptors (Lipinski definition) is 14. The Morgan fingerprint density at radius 1 is 0.293 bits per heavy atom. The molecule has 0 saturated heterocycles. The van der Waals surface area contributed by atoms with Crippen LogP contribution in [0.1, 0.15) is 290 Å². The summed E-state index contributed by atoms with van der Waals surface area (Å²) >= 11 is 0. The summed E-state index contributed by atoms with van der Waals surface area (Å²) in [6, 6.07) is 0. The lowest BCUT2D eigenvalue weighted by atomic mass is 10.0. The van der Waals surface area contributed by atoms with Gasteiger partial charge in [-0.3, -0.25) is 32.5 Å². The van der Waals surface area contributed by atoms with Gasteiger partial charge in [0, 0.05) is 19.3 Å². The molecule has 0 rings (SSSR count). The highest BCUT2D eigenvalue weighted by Crippen LogP contribution is 2.45. The molecule has 0 spiro atoms. The largest absolute Gasteiger partial charge is 0.472 e. The number of aliphatic hydroxyl groups excluding tert-OH is 2. The van der Waals surface area contributed by atoms with Crippen LogP contribution in [0.2, 0.25) is 0 Å². The third-order valence-electron chi connectivity index (χ3n) is 15.5. The van der Waals surface area contributed by atoms with E-state index in [2.05, 4.69) is 154 Å². The van der Waals surface area contributed by atoms with E-state index in [0.717, 1.165) is 135 Å². The summed E-state index contributed by atoms with van der Waals surface area (Å²) in [4.78, 5) is 58.5. The van der Waals surface area contributed by atoms with E-state index in [9.17, 15) is 43.5 Å². The molecule has 5 unspecified atom stereocenters. The van der Waals surface area contributed by atoms with Crippen LogP contribution in [0, 0.1) is 0 Å². The molecule has 0 aromatic rings. The lowest BCUT2D eigenvalue weighted by Crippen LogP contribution is -2.30. The molecule has 0 bridgehead atoms. The number of phosphoric ester groups is 2. The second-order valence-electron chi connectivity index (χ2n) is 25.0. The minimum atomic E-state index is -4.94. The number of rotatable bonds is 71. The van der Waals surface area contributed by atoms with Crippen LogP contribution >= 0.6 is 15.6 Å². The van der Waals surface area contributed by atoms with Gasteiger partial charge in [-0.05, 0) is 135 Å². The van der Waals surface area contributed by atoms with Crippen molar-refractivity contribution < 1.29 is 75.8 Å². The van der Waals surface area contributed by atoms with Gasteiger partial charge in [-0.2, -0.15) is 0 Å². The number of carbonyl (C=O) groups is 3. The van der Waals surface area contributed by atoms with Gasteiger partial charge in [-0.1, -0.05) is 282 Å². The summed E-state index contributed by atoms with van der Waals surface area (Å²) in [7, 11) is -9.81. The molecule has 18 heteroatoms. The van der Waals surface area contributed by atoms with E-state index in [-0.39, 0.29) is 19.3 Å². The zero-order chi connectivity index (χ0) is 72.3. The summed E-state index contributed by atoms with van der Waals surface area (Å²) in [5.41, 5.74) is 0. The second-order valence-corrected chi connectivity index (χ2v) is 27.9. The third kappa shape index (κ3) is 74.4. The zero-order valence-corrected chi connectivity index (χ0v) is 63.4. The summed E-state index contributed by atoms with van der Waals surface area (Å²) < 4.78 is 61.0. The quantitative estimate of drug-likeness (QED) is 0.0146. The van der Waals surface area contributed by atoms with Crippen molar-refractivity contribution in [2.45, 2.75) is 309 Å². The molecule has 0 aromatic carbocycles. The smallest absolute Gasteiger partial charge is 0.463 e. The van der Waals surface area contributed by atoms with Crippen LogP contribution in [0.3, 0.4) is 0 Å². The predicted molar refractivity (Wildman–Crippen MR) is 408 cm³/mol. The van der Waals surface area contributed by atoms with Crippen LogP contribution in [0.4, 0.5) is 0 Å². The third-order valence-corrected chi connectivity index (χ3v) is 17.4. The first-order valence-corrected chi connectivity index (χ1v) is 41.1. The SMILES string of the molecule is CC/C=C\C/C=C\C/C=C\C/C=C\C/C=C\C/C=C\CCCCCCCCCCCCCCC(=O)OCC(O)COP(=O)(O)OCC(O)COP(=O)(O)OCC(COC(=O)CCC/C=C\C/C=C\C/C=C\C/C=C\C/C=C\CC)OC(=O)CCCCCCC/C=C\CCCCCCCC. The van der Waals surface area contributed by atoms with Crippen LogP contribution in [0.15, 0.2) is 146 Å². The highest BCUT2D eigenvalue weighted by Gasteiger charge is 2.29. The molecule has 99 heavy (non-hydrogen) atoms. The summed E-state index contributed by atoms with van der Waals surface area (Å²) in [6.07, 6.45) is 89.1. The van der Waals surface area contributed by atoms with Gasteiger partial charge in [0.05, 0.1) is 26.4 Å². The molecule has 0 amide bonds. The maximum Gasteiger partial charge on any atom is 0.472 e. The number of phosphoric acid groups is 2. The Bertz CT molecular complexity index is 2380. The van der Waals surface area contributed by atoms with Crippen molar-refractivity contribution in [3.63, 3.8) is 0 Å². The van der Waals surface area contributed by atoms with E-state index in [1.165, 1.54) is 89.9 Å². The van der Waals surface area contributed by atoms with Gasteiger partial charge in [-0.25, -0.2) is 9.13 Å². The van der Waals surface area contributed by atoms with Gasteiger partial charge in [0.2, 0.25) is 0 Å². The second kappa shape index (κ2) is 73.2. The Labute approximate surface area is 600 Å². The number of allylic oxidation sites excluding steroid dienone is 24. The minimum Gasteiger partial charge on any atom is -0.463 e. The maximum absolute atomic E-state index is 12.9. The fraction of sp³-hybridized carbons (Fsp3) is 0.667. The highest BCUT2D eigenvalue weighted by atomic mass is 31.2. The monoisotopic (exact) mass is 1430 g/mol. The van der Waals surface area contributed by atoms with E-state index >= 15 is 0 Å². The van der Waals surface area contributed by atoms with E-state index < -0.39 is 91.5 Å². The molecule has 5 atom stereocenters. The molecular weight excluding hydrogens is 1290 g/mol. The molecule has 0 radical (unpaired) electrons. The van der Waals surface area contributed by atoms with Gasteiger partial charge < -0.3 is 34.2 Å². The number of aliphatic hydroxyl groups is 2. The van der Waals surface area contributed by atoms with Crippen molar-refractivity contribution >= 4 is 33.6 Å². The van der Waals surface area contributed by atoms with Gasteiger partial charge in [-0.15, -0.1) is 0 Å². The molecule has 0 aliphatic carbocycles. The van der Waals surface area contributed by atoms with Crippen LogP contribution in [-0.4, -0.2) is 95.9 Å². The molecule has 4 N–H and O–H groups in total. The normalized spacial score (nSPS) is 14.9. The fourth-order valence-corrected chi connectivity index (χ4v) is 11.4. The van der Waals surface area contributed by atoms with Crippen LogP contribution < -0.4 is 0 Å². The standard InChI is InChI=1S/C81H136O16P2/c1-4-7-10-13-16-19-22-25-28-30-31-32-33-34-35-36-37-38-39-40-41-42-43-45-48-49-52-55-58-61-64-67-79(84)91-70-76(82)71-93-98(87,88)94-72-77(83)73-95-99(89,90)96-75-78(97-81(86)69-66-63-60-57-54-51-46-27-24-21-18-15-12-9-6-3)74-92-80(85)68-65-62-59-56-53-50-47-44-29-26-23-20-17-14-11-8-5-2/h7-8,10-11,16-17,19-20,25-29,31-32,34-35,37-38,46-47,50,56,59,76-78,82-83H,4-6,9,12-15,18,21-24,30,33,36,39-45,48-49,51-55,57-58,60-75H2,1-3H3,(H,87,88)(H,89,90)/b10-7-,11-8-,19-16-,20-17-,28-25-,29-26-,32-31-,35-34-,38-37-,46-27-,50-47-,59-56-. The molecule has 0 aliphatic heterocycles. The van der Waals surface area contributed by atoms with Crippen molar-refractivity contribution in [1.82, 2.24) is 0 Å². The summed E-state index contributed by atoms with van der Waals surface area (Å²) in [6.45, 7) is 2.36. The van der Waals surface area contributed by atoms with Crippen LogP contribution in [-0.2, 0) is 55.8 Å². The average molecular weight is 1430 g/mol. The van der Waals surface area contributed by atoms with Crippen molar-refractivity contribution in [3.05, 3.63) is 146 Å². The van der Waals surface area contributed by atoms with Crippen molar-refractivity contribution in [1.29, 1.82) is 0 Å². The maximum atomic E-state index is 12.9. The van der Waals surface area contributed by atoms with E-state index in [0.29, 0.717) is 25.7 Å². The van der Waals surface area contributed by atoms with Gasteiger partial charge in [0.15, 0.2) is 6.10 Å². The zero-order valence-electron chi connectivity index (χ0n) is 61.6. The van der Waals surface area contributed by atoms with E-state index in [1.54, 1.807) is 0 Å². The molecule has 0 aliphatic rings. The molecule has 566 valence electrons. The fourth-order valence-electron chi connectivity index (χ4n) is 9.78.